The fraction of sp³-hybridized carbons (Fsp3) is 1.00. The molecule has 2 unspecified atom stereocenters. The van der Waals surface area contributed by atoms with Crippen LogP contribution < -0.4 is 10.6 Å². The molecule has 2 N–H and O–H groups in total. The summed E-state index contributed by atoms with van der Waals surface area (Å²) < 4.78 is 5.63. The van der Waals surface area contributed by atoms with Gasteiger partial charge in [-0.05, 0) is 20.0 Å². The molecular weight excluding hydrogens is 178 g/mol. The average Bonchev–Trinajstić information content (AvgIpc) is 2.63. The standard InChI is InChI=1S/C10H21N3O/c1-13-4-2-9(8-13)12-7-10-6-11-3-5-14-10/h9-12H,2-8H2,1H3. The van der Waals surface area contributed by atoms with E-state index in [1.165, 1.54) is 19.5 Å². The lowest BCUT2D eigenvalue weighted by Gasteiger charge is -2.25. The number of ether oxygens (including phenoxy) is 1. The van der Waals surface area contributed by atoms with E-state index in [4.69, 9.17) is 4.74 Å². The molecule has 2 heterocycles. The first kappa shape index (κ1) is 10.4. The van der Waals surface area contributed by atoms with Crippen LogP contribution in [0.5, 0.6) is 0 Å². The molecule has 0 aromatic heterocycles. The van der Waals surface area contributed by atoms with E-state index in [1.54, 1.807) is 0 Å². The van der Waals surface area contributed by atoms with Crippen LogP contribution in [0, 0.1) is 0 Å². The Morgan fingerprint density at radius 2 is 2.50 bits per heavy atom. The van der Waals surface area contributed by atoms with Gasteiger partial charge in [0.1, 0.15) is 0 Å². The first-order chi connectivity index (χ1) is 6.84. The van der Waals surface area contributed by atoms with Crippen LogP contribution in [0.15, 0.2) is 0 Å². The number of nitrogens with one attached hydrogen (secondary N) is 2. The zero-order chi connectivity index (χ0) is 9.80. The smallest absolute Gasteiger partial charge is 0.0824 e. The van der Waals surface area contributed by atoms with Crippen molar-refractivity contribution in [1.82, 2.24) is 15.5 Å². The monoisotopic (exact) mass is 199 g/mol. The van der Waals surface area contributed by atoms with E-state index in [0.29, 0.717) is 12.1 Å². The van der Waals surface area contributed by atoms with E-state index in [9.17, 15) is 0 Å². The maximum absolute atomic E-state index is 5.63. The average molecular weight is 199 g/mol. The normalized spacial score (nSPS) is 34.9. The second kappa shape index (κ2) is 5.07. The van der Waals surface area contributed by atoms with Crippen molar-refractivity contribution in [3.05, 3.63) is 0 Å². The largest absolute Gasteiger partial charge is 0.374 e. The molecule has 2 aliphatic rings. The summed E-state index contributed by atoms with van der Waals surface area (Å²) in [5.74, 6) is 0. The van der Waals surface area contributed by atoms with Crippen molar-refractivity contribution < 1.29 is 4.74 Å². The molecule has 0 aromatic carbocycles. The van der Waals surface area contributed by atoms with Gasteiger partial charge >= 0.3 is 0 Å². The fourth-order valence-electron chi connectivity index (χ4n) is 2.15. The van der Waals surface area contributed by atoms with Gasteiger partial charge in [-0.25, -0.2) is 0 Å². The summed E-state index contributed by atoms with van der Waals surface area (Å²) in [5.41, 5.74) is 0. The Labute approximate surface area is 86.0 Å². The number of nitrogens with zero attached hydrogens (tertiary/aromatic N) is 1. The second-order valence-electron chi connectivity index (χ2n) is 4.35. The third-order valence-corrected chi connectivity index (χ3v) is 3.03. The highest BCUT2D eigenvalue weighted by atomic mass is 16.5. The van der Waals surface area contributed by atoms with Crippen LogP contribution in [0.4, 0.5) is 0 Å². The maximum Gasteiger partial charge on any atom is 0.0824 e. The Morgan fingerprint density at radius 3 is 3.14 bits per heavy atom. The fourth-order valence-corrected chi connectivity index (χ4v) is 2.15. The van der Waals surface area contributed by atoms with Crippen LogP contribution in [0.3, 0.4) is 0 Å². The molecule has 0 bridgehead atoms. The zero-order valence-corrected chi connectivity index (χ0v) is 8.96. The minimum atomic E-state index is 0.370. The van der Waals surface area contributed by atoms with E-state index in [-0.39, 0.29) is 0 Å². The summed E-state index contributed by atoms with van der Waals surface area (Å²) in [6, 6.07) is 0.672. The molecule has 2 saturated heterocycles. The topological polar surface area (TPSA) is 36.5 Å². The number of likely N-dealkylation sites (N-methyl/N-ethyl adjacent to an activating group) is 1. The van der Waals surface area contributed by atoms with Crippen LogP contribution in [0.2, 0.25) is 0 Å². The van der Waals surface area contributed by atoms with E-state index in [1.807, 2.05) is 0 Å². The van der Waals surface area contributed by atoms with E-state index in [2.05, 4.69) is 22.6 Å². The molecule has 4 heteroatoms. The number of likely N-dealkylation sites (tertiary alicyclic amines) is 1. The molecule has 0 saturated carbocycles. The Morgan fingerprint density at radius 1 is 1.57 bits per heavy atom. The summed E-state index contributed by atoms with van der Waals surface area (Å²) in [6.07, 6.45) is 1.64. The lowest BCUT2D eigenvalue weighted by atomic mass is 10.2. The third-order valence-electron chi connectivity index (χ3n) is 3.03. The molecule has 0 radical (unpaired) electrons. The Bertz CT molecular complexity index is 166. The van der Waals surface area contributed by atoms with Gasteiger partial charge in [-0.3, -0.25) is 0 Å². The van der Waals surface area contributed by atoms with Crippen LogP contribution >= 0.6 is 0 Å². The van der Waals surface area contributed by atoms with Gasteiger partial charge in [0, 0.05) is 32.2 Å². The van der Waals surface area contributed by atoms with E-state index >= 15 is 0 Å². The molecular formula is C10H21N3O. The molecule has 82 valence electrons. The summed E-state index contributed by atoms with van der Waals surface area (Å²) in [7, 11) is 2.18. The molecule has 2 aliphatic heterocycles. The lowest BCUT2D eigenvalue weighted by molar-refractivity contribution is 0.0278. The van der Waals surface area contributed by atoms with Gasteiger partial charge in [0.05, 0.1) is 12.7 Å². The second-order valence-corrected chi connectivity index (χ2v) is 4.35. The van der Waals surface area contributed by atoms with E-state index in [0.717, 1.165) is 26.2 Å². The maximum atomic E-state index is 5.63. The van der Waals surface area contributed by atoms with E-state index < -0.39 is 0 Å². The molecule has 0 amide bonds. The van der Waals surface area contributed by atoms with Gasteiger partial charge in [0.15, 0.2) is 0 Å². The van der Waals surface area contributed by atoms with Crippen molar-refractivity contribution in [2.75, 3.05) is 46.4 Å². The predicted molar refractivity (Wildman–Crippen MR) is 56.5 cm³/mol. The Kier molecular flexibility index (Phi) is 3.75. The highest BCUT2D eigenvalue weighted by Crippen LogP contribution is 2.06. The molecule has 0 aromatic rings. The van der Waals surface area contributed by atoms with Crippen molar-refractivity contribution >= 4 is 0 Å². The SMILES string of the molecule is CN1CCC(NCC2CNCCO2)C1. The molecule has 0 aliphatic carbocycles. The minimum absolute atomic E-state index is 0.370. The molecule has 4 nitrogen and oxygen atoms in total. The van der Waals surface area contributed by atoms with Crippen LogP contribution in [-0.2, 0) is 4.74 Å². The highest BCUT2D eigenvalue weighted by molar-refractivity contribution is 4.81. The first-order valence-electron chi connectivity index (χ1n) is 5.59. The van der Waals surface area contributed by atoms with Crippen LogP contribution in [0.25, 0.3) is 0 Å². The van der Waals surface area contributed by atoms with Crippen LogP contribution in [-0.4, -0.2) is 63.4 Å². The number of hydrogen-bond acceptors (Lipinski definition) is 4. The Hall–Kier alpha value is -0.160. The molecule has 14 heavy (non-hydrogen) atoms. The first-order valence-corrected chi connectivity index (χ1v) is 5.59. The van der Waals surface area contributed by atoms with Crippen LogP contribution in [0.1, 0.15) is 6.42 Å². The van der Waals surface area contributed by atoms with Crippen molar-refractivity contribution in [2.24, 2.45) is 0 Å². The number of hydrogen-bond donors (Lipinski definition) is 2. The minimum Gasteiger partial charge on any atom is -0.374 e. The van der Waals surface area contributed by atoms with Gasteiger partial charge in [-0.1, -0.05) is 0 Å². The quantitative estimate of drug-likeness (QED) is 0.628. The lowest BCUT2D eigenvalue weighted by Crippen LogP contribution is -2.46. The number of rotatable bonds is 3. The zero-order valence-electron chi connectivity index (χ0n) is 8.96. The van der Waals surface area contributed by atoms with Crippen molar-refractivity contribution in [3.63, 3.8) is 0 Å². The predicted octanol–water partition coefficient (Wildman–Crippen LogP) is -0.731. The van der Waals surface area contributed by atoms with Gasteiger partial charge in [0.2, 0.25) is 0 Å². The van der Waals surface area contributed by atoms with Gasteiger partial charge in [-0.15, -0.1) is 0 Å². The molecule has 2 atom stereocenters. The summed E-state index contributed by atoms with van der Waals surface area (Å²) in [6.45, 7) is 6.25. The van der Waals surface area contributed by atoms with Gasteiger partial charge < -0.3 is 20.3 Å². The summed E-state index contributed by atoms with van der Waals surface area (Å²) in [5, 5.41) is 6.92. The van der Waals surface area contributed by atoms with Crippen molar-refractivity contribution in [1.29, 1.82) is 0 Å². The number of morpholine rings is 1. The molecule has 0 spiro atoms. The summed E-state index contributed by atoms with van der Waals surface area (Å²) >= 11 is 0. The highest BCUT2D eigenvalue weighted by Gasteiger charge is 2.20. The summed E-state index contributed by atoms with van der Waals surface area (Å²) in [4.78, 5) is 2.37. The van der Waals surface area contributed by atoms with Gasteiger partial charge in [-0.2, -0.15) is 0 Å². The third kappa shape index (κ3) is 2.92. The molecule has 2 rings (SSSR count). The van der Waals surface area contributed by atoms with Gasteiger partial charge in [0.25, 0.3) is 0 Å². The Balaban J connectivity index is 1.61. The molecule has 2 fully saturated rings. The van der Waals surface area contributed by atoms with Crippen molar-refractivity contribution in [2.45, 2.75) is 18.6 Å². The van der Waals surface area contributed by atoms with Crippen molar-refractivity contribution in [3.8, 4) is 0 Å².